The van der Waals surface area contributed by atoms with Gasteiger partial charge in [0.05, 0.1) is 13.0 Å². The highest BCUT2D eigenvalue weighted by Gasteiger charge is 2.29. The first-order valence-electron chi connectivity index (χ1n) is 5.89. The van der Waals surface area contributed by atoms with Crippen LogP contribution in [0.25, 0.3) is 0 Å². The number of nitrogens with two attached hydrogens (primary N) is 1. The summed E-state index contributed by atoms with van der Waals surface area (Å²) in [7, 11) is 0. The average Bonchev–Trinajstić information content (AvgIpc) is 2.71. The Morgan fingerprint density at radius 2 is 2.11 bits per heavy atom. The van der Waals surface area contributed by atoms with Gasteiger partial charge < -0.3 is 5.11 Å². The minimum Gasteiger partial charge on any atom is -0.392 e. The Labute approximate surface area is 105 Å². The molecule has 1 atom stereocenters. The molecule has 0 aliphatic carbocycles. The summed E-state index contributed by atoms with van der Waals surface area (Å²) in [5.41, 5.74) is 6.27. The molecule has 0 saturated heterocycles. The van der Waals surface area contributed by atoms with Crippen molar-refractivity contribution in [3.8, 4) is 0 Å². The molecule has 0 amide bonds. The van der Waals surface area contributed by atoms with E-state index < -0.39 is 0 Å². The molecule has 1 aromatic carbocycles. The smallest absolute Gasteiger partial charge is 0.243 e. The van der Waals surface area contributed by atoms with Crippen molar-refractivity contribution in [1.82, 2.24) is 0 Å². The Hall–Kier alpha value is -1.75. The second kappa shape index (κ2) is 5.27. The maximum atomic E-state index is 12.8. The van der Waals surface area contributed by atoms with E-state index in [1.807, 2.05) is 0 Å². The van der Waals surface area contributed by atoms with Gasteiger partial charge in [0.1, 0.15) is 18.4 Å². The molecule has 1 aliphatic heterocycles. The Bertz CT molecular complexity index is 482. The van der Waals surface area contributed by atoms with Crippen LogP contribution in [0.4, 0.5) is 4.39 Å². The monoisotopic (exact) mass is 251 g/mol. The molecule has 5 heteroatoms. The molecule has 4 nitrogen and oxygen atoms in total. The largest absolute Gasteiger partial charge is 0.392 e. The Morgan fingerprint density at radius 3 is 2.72 bits per heavy atom. The first-order chi connectivity index (χ1) is 8.61. The van der Waals surface area contributed by atoms with E-state index in [-0.39, 0.29) is 30.8 Å². The van der Waals surface area contributed by atoms with E-state index in [9.17, 15) is 14.3 Å². The van der Waals surface area contributed by atoms with Crippen LogP contribution >= 0.6 is 0 Å². The van der Waals surface area contributed by atoms with Gasteiger partial charge in [-0.15, -0.1) is 0 Å². The maximum absolute atomic E-state index is 12.8. The highest BCUT2D eigenvalue weighted by atomic mass is 19.1. The van der Waals surface area contributed by atoms with Crippen LogP contribution in [0, 0.1) is 5.82 Å². The normalized spacial score (nSPS) is 19.3. The van der Waals surface area contributed by atoms with Gasteiger partial charge in [-0.1, -0.05) is 0 Å². The van der Waals surface area contributed by atoms with Crippen molar-refractivity contribution in [2.45, 2.75) is 18.9 Å². The van der Waals surface area contributed by atoms with Gasteiger partial charge in [0.15, 0.2) is 0 Å². The van der Waals surface area contributed by atoms with E-state index in [0.29, 0.717) is 17.8 Å². The maximum Gasteiger partial charge on any atom is 0.243 e. The summed E-state index contributed by atoms with van der Waals surface area (Å²) in [6, 6.07) is 5.34. The minimum absolute atomic E-state index is 0.0165. The average molecular weight is 251 g/mol. The number of hydrogen-bond acceptors (Lipinski definition) is 3. The van der Waals surface area contributed by atoms with Gasteiger partial charge in [0.25, 0.3) is 0 Å². The number of nitrogens with zero attached hydrogens (tertiary/aromatic N) is 1. The zero-order valence-corrected chi connectivity index (χ0v) is 9.97. The van der Waals surface area contributed by atoms with Crippen LogP contribution in [0.1, 0.15) is 23.2 Å². The fourth-order valence-electron chi connectivity index (χ4n) is 2.15. The number of ketones is 1. The zero-order chi connectivity index (χ0) is 13.1. The lowest BCUT2D eigenvalue weighted by molar-refractivity contribution is -0.549. The summed E-state index contributed by atoms with van der Waals surface area (Å²) in [5.74, 6) is 0.134. The highest BCUT2D eigenvalue weighted by molar-refractivity contribution is 5.97. The number of halogens is 1. The van der Waals surface area contributed by atoms with Crippen molar-refractivity contribution in [3.05, 3.63) is 35.6 Å². The lowest BCUT2D eigenvalue weighted by atomic mass is 10.1. The molecule has 1 aliphatic rings. The van der Waals surface area contributed by atoms with Crippen LogP contribution in [-0.4, -0.2) is 40.5 Å². The molecule has 96 valence electrons. The van der Waals surface area contributed by atoms with Crippen molar-refractivity contribution in [3.63, 3.8) is 0 Å². The number of benzene rings is 1. The summed E-state index contributed by atoms with van der Waals surface area (Å²) < 4.78 is 14.5. The first-order valence-corrected chi connectivity index (χ1v) is 5.89. The minimum atomic E-state index is -0.368. The van der Waals surface area contributed by atoms with Crippen molar-refractivity contribution in [2.75, 3.05) is 13.2 Å². The van der Waals surface area contributed by atoms with E-state index in [1.54, 1.807) is 4.58 Å². The molecule has 2 rings (SSSR count). The summed E-state index contributed by atoms with van der Waals surface area (Å²) in [5, 5.41) is 9.20. The van der Waals surface area contributed by atoms with Crippen LogP contribution in [0.5, 0.6) is 0 Å². The number of Topliss-reactive ketones (excluding diaryl/α,β-unsaturated/α-hetero) is 1. The quantitative estimate of drug-likeness (QED) is 0.606. The number of carbonyl (C=O) groups is 1. The molecule has 0 spiro atoms. The van der Waals surface area contributed by atoms with E-state index in [4.69, 9.17) is 5.73 Å². The van der Waals surface area contributed by atoms with Crippen LogP contribution in [0.15, 0.2) is 24.3 Å². The van der Waals surface area contributed by atoms with Crippen molar-refractivity contribution in [1.29, 1.82) is 0 Å². The van der Waals surface area contributed by atoms with Crippen LogP contribution in [-0.2, 0) is 0 Å². The molecule has 0 fully saturated rings. The van der Waals surface area contributed by atoms with Gasteiger partial charge in [0, 0.05) is 12.0 Å². The number of amidine groups is 1. The number of hydrogen-bond donors (Lipinski definition) is 2. The lowest BCUT2D eigenvalue weighted by Gasteiger charge is -2.11. The third-order valence-corrected chi connectivity index (χ3v) is 3.23. The standard InChI is InChI=1S/C13H15FN2O2/c14-10-3-1-9(2-4-10)12(18)7-16-11(8-17)5-6-13(16)15/h1-4,11,15,17H,5-8H2/p+1/t11-/m1/s1. The second-order valence-electron chi connectivity index (χ2n) is 4.42. The van der Waals surface area contributed by atoms with E-state index in [2.05, 4.69) is 0 Å². The molecule has 1 heterocycles. The SMILES string of the molecule is NC1=[N+](CC(=O)c2ccc(F)cc2)[C@@H](CO)CC1. The molecular weight excluding hydrogens is 235 g/mol. The Balaban J connectivity index is 2.12. The molecule has 0 saturated carbocycles. The predicted molar refractivity (Wildman–Crippen MR) is 65.2 cm³/mol. The predicted octanol–water partition coefficient (Wildman–Crippen LogP) is 0.533. The van der Waals surface area contributed by atoms with Gasteiger partial charge in [-0.25, -0.2) is 4.39 Å². The molecule has 0 unspecified atom stereocenters. The highest BCUT2D eigenvalue weighted by Crippen LogP contribution is 2.12. The third-order valence-electron chi connectivity index (χ3n) is 3.23. The van der Waals surface area contributed by atoms with E-state index in [1.165, 1.54) is 24.3 Å². The summed E-state index contributed by atoms with van der Waals surface area (Å²) >= 11 is 0. The van der Waals surface area contributed by atoms with Gasteiger partial charge in [-0.2, -0.15) is 0 Å². The summed E-state index contributed by atoms with van der Waals surface area (Å²) in [6.45, 7) is 0.111. The van der Waals surface area contributed by atoms with Crippen molar-refractivity contribution >= 4 is 11.6 Å². The van der Waals surface area contributed by atoms with Gasteiger partial charge in [-0.3, -0.25) is 15.1 Å². The molecule has 0 radical (unpaired) electrons. The lowest BCUT2D eigenvalue weighted by Crippen LogP contribution is -2.35. The van der Waals surface area contributed by atoms with Crippen molar-refractivity contribution < 1.29 is 18.9 Å². The van der Waals surface area contributed by atoms with E-state index >= 15 is 0 Å². The summed E-state index contributed by atoms with van der Waals surface area (Å²) in [4.78, 5) is 12.0. The van der Waals surface area contributed by atoms with E-state index in [0.717, 1.165) is 6.42 Å². The molecule has 1 aromatic rings. The Kier molecular flexibility index (Phi) is 3.72. The van der Waals surface area contributed by atoms with Crippen molar-refractivity contribution in [2.24, 2.45) is 5.73 Å². The number of carbonyl (C=O) groups excluding carboxylic acids is 1. The second-order valence-corrected chi connectivity index (χ2v) is 4.42. The van der Waals surface area contributed by atoms with Gasteiger partial charge in [0.2, 0.25) is 11.6 Å². The first kappa shape index (κ1) is 12.7. The molecule has 18 heavy (non-hydrogen) atoms. The molecule has 3 N–H and O–H groups in total. The number of rotatable bonds is 4. The molecular formula is C13H16FN2O2+. The third kappa shape index (κ3) is 2.56. The number of aliphatic hydroxyl groups is 1. The number of aliphatic hydroxyl groups excluding tert-OH is 1. The van der Waals surface area contributed by atoms with Crippen LogP contribution in [0.2, 0.25) is 0 Å². The topological polar surface area (TPSA) is 66.3 Å². The Morgan fingerprint density at radius 1 is 1.44 bits per heavy atom. The molecule has 0 bridgehead atoms. The van der Waals surface area contributed by atoms with Crippen LogP contribution < -0.4 is 5.73 Å². The molecule has 0 aromatic heterocycles. The zero-order valence-electron chi connectivity index (χ0n) is 9.97. The fraction of sp³-hybridized carbons (Fsp3) is 0.385. The van der Waals surface area contributed by atoms with Crippen LogP contribution in [0.3, 0.4) is 0 Å². The fourth-order valence-corrected chi connectivity index (χ4v) is 2.15. The summed E-state index contributed by atoms with van der Waals surface area (Å²) in [6.07, 6.45) is 1.46. The van der Waals surface area contributed by atoms with Gasteiger partial charge in [-0.05, 0) is 24.3 Å². The van der Waals surface area contributed by atoms with Gasteiger partial charge >= 0.3 is 0 Å².